The third-order valence-electron chi connectivity index (χ3n) is 5.94. The number of fused-ring (bicyclic) bond motifs is 2. The Balaban J connectivity index is 1.66. The Morgan fingerprint density at radius 1 is 1.25 bits per heavy atom. The number of nitrogen functional groups attached to an aromatic ring is 1. The second-order valence-electron chi connectivity index (χ2n) is 7.64. The van der Waals surface area contributed by atoms with Gasteiger partial charge in [-0.1, -0.05) is 23.7 Å². The molecular formula is C21H22ClN5O. The lowest BCUT2D eigenvalue weighted by atomic mass is 9.82. The van der Waals surface area contributed by atoms with E-state index in [1.807, 2.05) is 24.4 Å². The van der Waals surface area contributed by atoms with Gasteiger partial charge < -0.3 is 15.8 Å². The molecule has 6 nitrogen and oxygen atoms in total. The molecule has 1 aliphatic carbocycles. The first kappa shape index (κ1) is 17.5. The van der Waals surface area contributed by atoms with E-state index in [2.05, 4.69) is 20.4 Å². The van der Waals surface area contributed by atoms with Gasteiger partial charge in [0.05, 0.1) is 16.2 Å². The fraction of sp³-hybridized carbons (Fsp3) is 0.333. The molecule has 1 aromatic carbocycles. The van der Waals surface area contributed by atoms with Crippen molar-refractivity contribution in [3.63, 3.8) is 0 Å². The van der Waals surface area contributed by atoms with E-state index in [9.17, 15) is 5.11 Å². The molecule has 0 unspecified atom stereocenters. The van der Waals surface area contributed by atoms with Crippen LogP contribution < -0.4 is 5.73 Å². The number of anilines is 1. The summed E-state index contributed by atoms with van der Waals surface area (Å²) in [5, 5.41) is 11.2. The number of imidazole rings is 1. The van der Waals surface area contributed by atoms with Gasteiger partial charge in [0.1, 0.15) is 22.9 Å². The van der Waals surface area contributed by atoms with Crippen molar-refractivity contribution in [2.75, 3.05) is 12.3 Å². The van der Waals surface area contributed by atoms with Gasteiger partial charge in [-0.05, 0) is 43.7 Å². The van der Waals surface area contributed by atoms with E-state index >= 15 is 0 Å². The number of aliphatic hydroxyl groups is 1. The SMILES string of the molecule is Nc1nccn2c1c(-c1cc3cccc(Cl)c3[nH]1)nc2[C@H]1CC[C@@H](CO)CC1. The van der Waals surface area contributed by atoms with Crippen LogP contribution in [0.1, 0.15) is 37.4 Å². The molecule has 4 aromatic rings. The largest absolute Gasteiger partial charge is 0.396 e. The highest BCUT2D eigenvalue weighted by Gasteiger charge is 2.27. The van der Waals surface area contributed by atoms with E-state index in [1.54, 1.807) is 6.20 Å². The molecule has 1 aliphatic rings. The number of rotatable bonds is 3. The average molecular weight is 396 g/mol. The number of benzene rings is 1. The maximum atomic E-state index is 9.44. The number of nitrogens with one attached hydrogen (secondary N) is 1. The first-order valence-electron chi connectivity index (χ1n) is 9.66. The zero-order valence-corrected chi connectivity index (χ0v) is 16.2. The molecular weight excluding hydrogens is 374 g/mol. The Morgan fingerprint density at radius 2 is 2.07 bits per heavy atom. The first-order chi connectivity index (χ1) is 13.7. The average Bonchev–Trinajstić information content (AvgIpc) is 3.31. The van der Waals surface area contributed by atoms with Gasteiger partial charge in [-0.2, -0.15) is 0 Å². The summed E-state index contributed by atoms with van der Waals surface area (Å²) >= 11 is 6.35. The third kappa shape index (κ3) is 2.75. The Hall–Kier alpha value is -2.57. The quantitative estimate of drug-likeness (QED) is 0.480. The van der Waals surface area contributed by atoms with Gasteiger partial charge in [0.25, 0.3) is 0 Å². The summed E-state index contributed by atoms with van der Waals surface area (Å²) in [6, 6.07) is 7.89. The van der Waals surface area contributed by atoms with Gasteiger partial charge in [-0.25, -0.2) is 9.97 Å². The van der Waals surface area contributed by atoms with Crippen LogP contribution in [-0.4, -0.2) is 31.1 Å². The predicted molar refractivity (Wildman–Crippen MR) is 111 cm³/mol. The van der Waals surface area contributed by atoms with E-state index in [1.165, 1.54) is 0 Å². The molecule has 3 aromatic heterocycles. The van der Waals surface area contributed by atoms with Crippen LogP contribution in [0.5, 0.6) is 0 Å². The molecule has 0 aliphatic heterocycles. The maximum absolute atomic E-state index is 9.44. The van der Waals surface area contributed by atoms with E-state index in [0.29, 0.717) is 22.7 Å². The number of H-pyrrole nitrogens is 1. The smallest absolute Gasteiger partial charge is 0.150 e. The van der Waals surface area contributed by atoms with Gasteiger partial charge in [-0.15, -0.1) is 0 Å². The van der Waals surface area contributed by atoms with E-state index in [-0.39, 0.29) is 6.61 Å². The molecule has 1 saturated carbocycles. The van der Waals surface area contributed by atoms with Crippen molar-refractivity contribution in [3.05, 3.63) is 47.5 Å². The van der Waals surface area contributed by atoms with Gasteiger partial charge in [0.15, 0.2) is 0 Å². The maximum Gasteiger partial charge on any atom is 0.150 e. The molecule has 28 heavy (non-hydrogen) atoms. The monoisotopic (exact) mass is 395 g/mol. The van der Waals surface area contributed by atoms with E-state index in [4.69, 9.17) is 22.3 Å². The number of aromatic amines is 1. The van der Waals surface area contributed by atoms with E-state index in [0.717, 1.165) is 59.3 Å². The Bertz CT molecular complexity index is 1160. The molecule has 0 atom stereocenters. The number of nitrogens with zero attached hydrogens (tertiary/aromatic N) is 3. The second kappa shape index (κ2) is 6.79. The summed E-state index contributed by atoms with van der Waals surface area (Å²) in [4.78, 5) is 12.7. The van der Waals surface area contributed by atoms with Crippen molar-refractivity contribution >= 4 is 33.8 Å². The highest BCUT2D eigenvalue weighted by molar-refractivity contribution is 6.35. The number of hydrogen-bond acceptors (Lipinski definition) is 4. The van der Waals surface area contributed by atoms with Gasteiger partial charge in [0.2, 0.25) is 0 Å². The number of hydrogen-bond donors (Lipinski definition) is 3. The summed E-state index contributed by atoms with van der Waals surface area (Å²) in [6.07, 6.45) is 7.74. The molecule has 1 fully saturated rings. The van der Waals surface area contributed by atoms with Crippen LogP contribution in [0.2, 0.25) is 5.02 Å². The topological polar surface area (TPSA) is 92.2 Å². The van der Waals surface area contributed by atoms with Crippen LogP contribution in [-0.2, 0) is 0 Å². The van der Waals surface area contributed by atoms with Crippen molar-refractivity contribution < 1.29 is 5.11 Å². The first-order valence-corrected chi connectivity index (χ1v) is 10.0. The van der Waals surface area contributed by atoms with Crippen LogP contribution in [0.25, 0.3) is 27.8 Å². The zero-order valence-electron chi connectivity index (χ0n) is 15.4. The fourth-order valence-corrected chi connectivity index (χ4v) is 4.64. The molecule has 0 bridgehead atoms. The number of aromatic nitrogens is 4. The van der Waals surface area contributed by atoms with Crippen LogP contribution >= 0.6 is 11.6 Å². The Labute approximate surface area is 167 Å². The van der Waals surface area contributed by atoms with Gasteiger partial charge in [0, 0.05) is 30.3 Å². The highest BCUT2D eigenvalue weighted by Crippen LogP contribution is 2.39. The second-order valence-corrected chi connectivity index (χ2v) is 8.04. The normalized spacial score (nSPS) is 20.2. The summed E-state index contributed by atoms with van der Waals surface area (Å²) in [5.74, 6) is 2.23. The van der Waals surface area contributed by atoms with Crippen LogP contribution in [0.15, 0.2) is 36.7 Å². The highest BCUT2D eigenvalue weighted by atomic mass is 35.5. The number of para-hydroxylation sites is 1. The molecule has 144 valence electrons. The van der Waals surface area contributed by atoms with Crippen molar-refractivity contribution in [2.45, 2.75) is 31.6 Å². The fourth-order valence-electron chi connectivity index (χ4n) is 4.41. The lowest BCUT2D eigenvalue weighted by Crippen LogP contribution is -2.17. The van der Waals surface area contributed by atoms with Crippen molar-refractivity contribution in [2.24, 2.45) is 5.92 Å². The predicted octanol–water partition coefficient (Wildman–Crippen LogP) is 4.38. The lowest BCUT2D eigenvalue weighted by Gasteiger charge is -2.26. The standard InChI is InChI=1S/C21H22ClN5O/c22-15-3-1-2-14-10-16(25-17(14)15)18-19-20(23)24-8-9-27(19)21(26-18)13-6-4-12(11-28)5-7-13/h1-3,8-10,12-13,25,28H,4-7,11H2,(H2,23,24)/t12-,13+. The summed E-state index contributed by atoms with van der Waals surface area (Å²) in [6.45, 7) is 0.271. The van der Waals surface area contributed by atoms with Crippen LogP contribution in [0, 0.1) is 5.92 Å². The third-order valence-corrected chi connectivity index (χ3v) is 6.26. The minimum absolute atomic E-state index is 0.271. The molecule has 3 heterocycles. The number of halogens is 1. The Morgan fingerprint density at radius 3 is 2.82 bits per heavy atom. The minimum atomic E-state index is 0.271. The molecule has 0 saturated heterocycles. The van der Waals surface area contributed by atoms with Crippen molar-refractivity contribution in [1.29, 1.82) is 0 Å². The summed E-state index contributed by atoms with van der Waals surface area (Å²) in [5.41, 5.74) is 9.67. The van der Waals surface area contributed by atoms with Gasteiger partial charge >= 0.3 is 0 Å². The van der Waals surface area contributed by atoms with Crippen molar-refractivity contribution in [3.8, 4) is 11.4 Å². The lowest BCUT2D eigenvalue weighted by molar-refractivity contribution is 0.181. The molecule has 7 heteroatoms. The number of aliphatic hydroxyl groups excluding tert-OH is 1. The van der Waals surface area contributed by atoms with Crippen LogP contribution in [0.4, 0.5) is 5.82 Å². The Kier molecular flexibility index (Phi) is 4.25. The summed E-state index contributed by atoms with van der Waals surface area (Å²) < 4.78 is 2.08. The van der Waals surface area contributed by atoms with Crippen LogP contribution in [0.3, 0.4) is 0 Å². The zero-order chi connectivity index (χ0) is 19.3. The van der Waals surface area contributed by atoms with Crippen molar-refractivity contribution in [1.82, 2.24) is 19.4 Å². The molecule has 0 amide bonds. The van der Waals surface area contributed by atoms with Gasteiger partial charge in [-0.3, -0.25) is 4.40 Å². The minimum Gasteiger partial charge on any atom is -0.396 e. The summed E-state index contributed by atoms with van der Waals surface area (Å²) in [7, 11) is 0. The van der Waals surface area contributed by atoms with E-state index < -0.39 is 0 Å². The molecule has 5 rings (SSSR count). The molecule has 0 radical (unpaired) electrons. The molecule has 4 N–H and O–H groups in total. The molecule has 0 spiro atoms. The number of nitrogens with two attached hydrogens (primary N) is 1.